The normalized spacial score (nSPS) is 13.7. The van der Waals surface area contributed by atoms with Crippen molar-refractivity contribution in [1.82, 2.24) is 0 Å². The largest absolute Gasteiger partial charge is 0.498 e. The molecule has 0 aromatic heterocycles. The van der Waals surface area contributed by atoms with Crippen molar-refractivity contribution in [3.05, 3.63) is 24.5 Å². The molecule has 0 rings (SSSR count). The second-order valence-corrected chi connectivity index (χ2v) is 15.4. The minimum atomic E-state index is -4.29. The first-order valence-corrected chi connectivity index (χ1v) is 22.4. The van der Waals surface area contributed by atoms with Gasteiger partial charge in [0.05, 0.1) is 19.5 Å². The molecule has 2 atom stereocenters. The van der Waals surface area contributed by atoms with Crippen molar-refractivity contribution in [1.29, 1.82) is 0 Å². The number of unbranched alkanes of at least 4 members (excludes halogenated alkanes) is 25. The van der Waals surface area contributed by atoms with Crippen LogP contribution in [0.1, 0.15) is 200 Å². The van der Waals surface area contributed by atoms with Gasteiger partial charge in [0.2, 0.25) is 0 Å². The summed E-state index contributed by atoms with van der Waals surface area (Å²) in [6.07, 6.45) is 42.8. The highest BCUT2D eigenvalue weighted by Crippen LogP contribution is 2.43. The minimum absolute atomic E-state index is 0.0335. The van der Waals surface area contributed by atoms with Crippen molar-refractivity contribution in [3.63, 3.8) is 0 Å². The second kappa shape index (κ2) is 39.0. The molecule has 296 valence electrons. The molecule has 3 N–H and O–H groups in total. The standard InChI is InChI=1S/C41H80NO7P/c1-3-5-7-9-11-13-15-17-19-20-21-22-24-26-28-30-32-34-41(43)49-40(39-48-50(44,45)47-37-35-42)38-46-36-33-31-29-27-25-23-18-16-14-12-10-8-6-4-2/h17,19,33,36,40H,3-16,18,20-32,34-35,37-39,42H2,1-2H3,(H,44,45)/b19-17+,36-33+/t40-/m1/s1. The maximum Gasteiger partial charge on any atom is 0.472 e. The highest BCUT2D eigenvalue weighted by Gasteiger charge is 2.25. The summed E-state index contributed by atoms with van der Waals surface area (Å²) in [5, 5.41) is 0. The van der Waals surface area contributed by atoms with Gasteiger partial charge in [-0.15, -0.1) is 0 Å². The molecule has 1 unspecified atom stereocenters. The van der Waals surface area contributed by atoms with Gasteiger partial charge in [0, 0.05) is 13.0 Å². The lowest BCUT2D eigenvalue weighted by molar-refractivity contribution is -0.153. The Labute approximate surface area is 308 Å². The third kappa shape index (κ3) is 38.1. The maximum absolute atomic E-state index is 12.5. The first-order valence-electron chi connectivity index (χ1n) is 20.9. The SMILES string of the molecule is CCCCCCCC/C=C/CCCCCCCCCC(=O)O[C@H](CO/C=C/CCCCCCCCCCCCCC)COP(=O)(O)OCCN. The van der Waals surface area contributed by atoms with Crippen LogP contribution in [-0.4, -0.2) is 43.3 Å². The van der Waals surface area contributed by atoms with Crippen LogP contribution < -0.4 is 5.73 Å². The van der Waals surface area contributed by atoms with E-state index in [1.165, 1.54) is 148 Å². The quantitative estimate of drug-likeness (QED) is 0.0210. The predicted octanol–water partition coefficient (Wildman–Crippen LogP) is 12.4. The third-order valence-electron chi connectivity index (χ3n) is 8.94. The van der Waals surface area contributed by atoms with Gasteiger partial charge in [-0.05, 0) is 51.0 Å². The zero-order chi connectivity index (χ0) is 36.6. The Morgan fingerprint density at radius 3 is 1.48 bits per heavy atom. The first kappa shape index (κ1) is 48.8. The molecule has 0 aliphatic rings. The van der Waals surface area contributed by atoms with E-state index in [1.807, 2.05) is 6.08 Å². The number of carbonyl (C=O) groups is 1. The van der Waals surface area contributed by atoms with Crippen LogP contribution in [0.5, 0.6) is 0 Å². The topological polar surface area (TPSA) is 117 Å². The van der Waals surface area contributed by atoms with Crippen molar-refractivity contribution in [2.24, 2.45) is 5.73 Å². The molecule has 9 heteroatoms. The molecule has 0 amide bonds. The highest BCUT2D eigenvalue weighted by molar-refractivity contribution is 7.47. The molecule has 0 spiro atoms. The lowest BCUT2D eigenvalue weighted by Gasteiger charge is -2.19. The highest BCUT2D eigenvalue weighted by atomic mass is 31.2. The summed E-state index contributed by atoms with van der Waals surface area (Å²) in [6.45, 7) is 4.24. The van der Waals surface area contributed by atoms with Crippen molar-refractivity contribution >= 4 is 13.8 Å². The molecule has 0 aliphatic heterocycles. The fraction of sp³-hybridized carbons (Fsp3) is 0.878. The van der Waals surface area contributed by atoms with Crippen LogP contribution in [0, 0.1) is 0 Å². The van der Waals surface area contributed by atoms with E-state index in [-0.39, 0.29) is 32.3 Å². The second-order valence-electron chi connectivity index (χ2n) is 13.9. The third-order valence-corrected chi connectivity index (χ3v) is 9.92. The summed E-state index contributed by atoms with van der Waals surface area (Å²) in [5.41, 5.74) is 5.36. The molecule has 0 aliphatic carbocycles. The first-order chi connectivity index (χ1) is 24.4. The summed E-state index contributed by atoms with van der Waals surface area (Å²) < 4.78 is 33.1. The Morgan fingerprint density at radius 2 is 1.02 bits per heavy atom. The molecule has 0 radical (unpaired) electrons. The van der Waals surface area contributed by atoms with E-state index in [9.17, 15) is 14.3 Å². The monoisotopic (exact) mass is 730 g/mol. The summed E-state index contributed by atoms with van der Waals surface area (Å²) in [7, 11) is -4.29. The van der Waals surface area contributed by atoms with Gasteiger partial charge < -0.3 is 20.1 Å². The number of hydrogen-bond acceptors (Lipinski definition) is 7. The molecule has 0 aromatic carbocycles. The Hall–Kier alpha value is -1.18. The molecule has 0 aromatic rings. The van der Waals surface area contributed by atoms with Gasteiger partial charge in [-0.2, -0.15) is 0 Å². The van der Waals surface area contributed by atoms with Crippen LogP contribution >= 0.6 is 7.82 Å². The number of esters is 1. The van der Waals surface area contributed by atoms with E-state index >= 15 is 0 Å². The zero-order valence-electron chi connectivity index (χ0n) is 32.6. The smallest absolute Gasteiger partial charge is 0.472 e. The van der Waals surface area contributed by atoms with Crippen molar-refractivity contribution in [2.45, 2.75) is 206 Å². The average Bonchev–Trinajstić information content (AvgIpc) is 3.10. The van der Waals surface area contributed by atoms with Crippen LogP contribution in [-0.2, 0) is 27.9 Å². The van der Waals surface area contributed by atoms with E-state index in [1.54, 1.807) is 6.26 Å². The van der Waals surface area contributed by atoms with Crippen LogP contribution in [0.15, 0.2) is 24.5 Å². The number of ether oxygens (including phenoxy) is 2. The number of rotatable bonds is 40. The van der Waals surface area contributed by atoms with Gasteiger partial charge in [0.25, 0.3) is 0 Å². The molecule has 0 heterocycles. The van der Waals surface area contributed by atoms with Gasteiger partial charge in [-0.1, -0.05) is 161 Å². The van der Waals surface area contributed by atoms with Gasteiger partial charge in [-0.3, -0.25) is 13.8 Å². The molecule has 0 fully saturated rings. The Balaban J connectivity index is 4.09. The fourth-order valence-electron chi connectivity index (χ4n) is 5.84. The molecule has 8 nitrogen and oxygen atoms in total. The number of phosphoric acid groups is 1. The minimum Gasteiger partial charge on any atom is -0.498 e. The molecular formula is C41H80NO7P. The summed E-state index contributed by atoms with van der Waals surface area (Å²) >= 11 is 0. The Bertz CT molecular complexity index is 823. The van der Waals surface area contributed by atoms with Crippen LogP contribution in [0.3, 0.4) is 0 Å². The van der Waals surface area contributed by atoms with Crippen molar-refractivity contribution in [2.75, 3.05) is 26.4 Å². The number of hydrogen-bond donors (Lipinski definition) is 2. The molecule has 0 saturated carbocycles. The van der Waals surface area contributed by atoms with Gasteiger partial charge in [0.1, 0.15) is 6.61 Å². The van der Waals surface area contributed by atoms with Crippen LogP contribution in [0.25, 0.3) is 0 Å². The van der Waals surface area contributed by atoms with E-state index in [0.717, 1.165) is 32.1 Å². The number of allylic oxidation sites excluding steroid dienone is 3. The summed E-state index contributed by atoms with van der Waals surface area (Å²) in [5.74, 6) is -0.355. The Morgan fingerprint density at radius 1 is 0.600 bits per heavy atom. The number of phosphoric ester groups is 1. The van der Waals surface area contributed by atoms with Crippen LogP contribution in [0.2, 0.25) is 0 Å². The van der Waals surface area contributed by atoms with Gasteiger partial charge in [-0.25, -0.2) is 4.57 Å². The van der Waals surface area contributed by atoms with Crippen molar-refractivity contribution in [3.8, 4) is 0 Å². The fourth-order valence-corrected chi connectivity index (χ4v) is 6.60. The lowest BCUT2D eigenvalue weighted by Crippen LogP contribution is -2.27. The number of nitrogens with two attached hydrogens (primary N) is 1. The molecule has 0 bridgehead atoms. The van der Waals surface area contributed by atoms with Crippen LogP contribution in [0.4, 0.5) is 0 Å². The van der Waals surface area contributed by atoms with Crippen molar-refractivity contribution < 1.29 is 32.8 Å². The average molecular weight is 730 g/mol. The van der Waals surface area contributed by atoms with E-state index in [4.69, 9.17) is 24.3 Å². The van der Waals surface area contributed by atoms with Gasteiger partial charge >= 0.3 is 13.8 Å². The molecular weight excluding hydrogens is 649 g/mol. The predicted molar refractivity (Wildman–Crippen MR) is 210 cm³/mol. The maximum atomic E-state index is 12.5. The summed E-state index contributed by atoms with van der Waals surface area (Å²) in [6, 6.07) is 0. The summed E-state index contributed by atoms with van der Waals surface area (Å²) in [4.78, 5) is 22.4. The lowest BCUT2D eigenvalue weighted by atomic mass is 10.0. The molecule has 0 saturated heterocycles. The van der Waals surface area contributed by atoms with E-state index in [2.05, 4.69) is 26.0 Å². The Kier molecular flexibility index (Phi) is 38.1. The van der Waals surface area contributed by atoms with E-state index < -0.39 is 13.9 Å². The van der Waals surface area contributed by atoms with E-state index in [0.29, 0.717) is 6.42 Å². The number of carbonyl (C=O) groups excluding carboxylic acids is 1. The molecule has 50 heavy (non-hydrogen) atoms. The zero-order valence-corrected chi connectivity index (χ0v) is 33.5. The van der Waals surface area contributed by atoms with Gasteiger partial charge in [0.15, 0.2) is 6.10 Å².